The highest BCUT2D eigenvalue weighted by Crippen LogP contribution is 2.46. The van der Waals surface area contributed by atoms with Crippen LogP contribution in [0.25, 0.3) is 0 Å². The van der Waals surface area contributed by atoms with Crippen molar-refractivity contribution in [3.05, 3.63) is 12.2 Å². The molecule has 2 fully saturated rings. The fraction of sp³-hybridized carbons (Fsp3) is 0.882. The van der Waals surface area contributed by atoms with Gasteiger partial charge in [0.1, 0.15) is 0 Å². The number of hydrogen-bond donors (Lipinski definition) is 2. The van der Waals surface area contributed by atoms with Crippen molar-refractivity contribution < 1.29 is 14.9 Å². The molecule has 1 saturated carbocycles. The molecule has 3 heteroatoms. The Balaban J connectivity index is 1.92. The average molecular weight is 282 g/mol. The third kappa shape index (κ3) is 3.84. The lowest BCUT2D eigenvalue weighted by molar-refractivity contribution is -0.0922. The lowest BCUT2D eigenvalue weighted by atomic mass is 9.86. The predicted octanol–water partition coefficient (Wildman–Crippen LogP) is 3.25. The van der Waals surface area contributed by atoms with Crippen LogP contribution in [-0.4, -0.2) is 28.2 Å². The number of ether oxygens (including phenoxy) is 1. The Morgan fingerprint density at radius 3 is 2.75 bits per heavy atom. The van der Waals surface area contributed by atoms with Crippen molar-refractivity contribution in [2.75, 3.05) is 0 Å². The predicted molar refractivity (Wildman–Crippen MR) is 80.2 cm³/mol. The molecule has 0 aromatic heterocycles. The first-order chi connectivity index (χ1) is 9.43. The molecule has 0 aromatic rings. The highest BCUT2D eigenvalue weighted by atomic mass is 16.6. The van der Waals surface area contributed by atoms with Crippen LogP contribution in [0.15, 0.2) is 12.2 Å². The summed E-state index contributed by atoms with van der Waals surface area (Å²) in [5.74, 6) is 1.41. The summed E-state index contributed by atoms with van der Waals surface area (Å²) in [4.78, 5) is 0. The second-order valence-electron chi connectivity index (χ2n) is 6.99. The first kappa shape index (κ1) is 16.0. The van der Waals surface area contributed by atoms with Crippen LogP contribution in [0, 0.1) is 17.8 Å². The minimum atomic E-state index is -0.703. The number of allylic oxidation sites excluding steroid dienone is 1. The smallest absolute Gasteiger partial charge is 0.155 e. The van der Waals surface area contributed by atoms with Gasteiger partial charge in [-0.1, -0.05) is 45.3 Å². The zero-order valence-electron chi connectivity index (χ0n) is 13.1. The summed E-state index contributed by atoms with van der Waals surface area (Å²) in [5, 5.41) is 20.0. The molecule has 1 saturated heterocycles. The largest absolute Gasteiger partial charge is 0.386 e. The van der Waals surface area contributed by atoms with Crippen LogP contribution in [0.4, 0.5) is 0 Å². The zero-order chi connectivity index (χ0) is 14.8. The molecule has 0 bridgehead atoms. The molecule has 0 radical (unpaired) electrons. The Kier molecular flexibility index (Phi) is 5.27. The van der Waals surface area contributed by atoms with E-state index < -0.39 is 11.9 Å². The zero-order valence-corrected chi connectivity index (χ0v) is 13.1. The van der Waals surface area contributed by atoms with Crippen molar-refractivity contribution in [2.24, 2.45) is 17.8 Å². The molecule has 0 aromatic carbocycles. The second kappa shape index (κ2) is 6.59. The quantitative estimate of drug-likeness (QED) is 0.581. The molecule has 0 amide bonds. The van der Waals surface area contributed by atoms with E-state index in [9.17, 15) is 10.2 Å². The van der Waals surface area contributed by atoms with Crippen LogP contribution in [0.2, 0.25) is 0 Å². The van der Waals surface area contributed by atoms with Gasteiger partial charge >= 0.3 is 0 Å². The minimum Gasteiger partial charge on any atom is -0.386 e. The van der Waals surface area contributed by atoms with E-state index in [0.29, 0.717) is 17.8 Å². The van der Waals surface area contributed by atoms with Gasteiger partial charge in [0.15, 0.2) is 6.29 Å². The summed E-state index contributed by atoms with van der Waals surface area (Å²) >= 11 is 0. The molecule has 0 spiro atoms. The lowest BCUT2D eigenvalue weighted by Crippen LogP contribution is -2.22. The average Bonchev–Trinajstić information content (AvgIpc) is 2.82. The summed E-state index contributed by atoms with van der Waals surface area (Å²) < 4.78 is 5.56. The molecule has 3 unspecified atom stereocenters. The summed E-state index contributed by atoms with van der Waals surface area (Å²) in [6.07, 6.45) is 9.80. The van der Waals surface area contributed by atoms with E-state index in [4.69, 9.17) is 4.74 Å². The molecule has 3 nitrogen and oxygen atoms in total. The lowest BCUT2D eigenvalue weighted by Gasteiger charge is -2.22. The monoisotopic (exact) mass is 282 g/mol. The van der Waals surface area contributed by atoms with E-state index in [1.807, 2.05) is 13.0 Å². The van der Waals surface area contributed by atoms with Crippen LogP contribution in [-0.2, 0) is 4.74 Å². The van der Waals surface area contributed by atoms with Crippen LogP contribution < -0.4 is 0 Å². The molecule has 2 N–H and O–H groups in total. The van der Waals surface area contributed by atoms with Gasteiger partial charge in [-0.2, -0.15) is 0 Å². The van der Waals surface area contributed by atoms with Gasteiger partial charge in [0, 0.05) is 6.42 Å². The molecule has 20 heavy (non-hydrogen) atoms. The molecular weight excluding hydrogens is 252 g/mol. The molecule has 6 atom stereocenters. The maximum atomic E-state index is 10.4. The topological polar surface area (TPSA) is 49.7 Å². The fourth-order valence-electron chi connectivity index (χ4n) is 3.79. The minimum absolute atomic E-state index is 0.208. The molecule has 1 aliphatic carbocycles. The summed E-state index contributed by atoms with van der Waals surface area (Å²) in [7, 11) is 0. The Labute approximate surface area is 123 Å². The van der Waals surface area contributed by atoms with Gasteiger partial charge in [-0.05, 0) is 37.5 Å². The van der Waals surface area contributed by atoms with E-state index in [1.54, 1.807) is 0 Å². The normalized spacial score (nSPS) is 40.1. The van der Waals surface area contributed by atoms with Crippen LogP contribution >= 0.6 is 0 Å². The van der Waals surface area contributed by atoms with E-state index in [2.05, 4.69) is 19.9 Å². The second-order valence-corrected chi connectivity index (χ2v) is 6.99. The van der Waals surface area contributed by atoms with Crippen molar-refractivity contribution in [3.63, 3.8) is 0 Å². The van der Waals surface area contributed by atoms with Gasteiger partial charge in [-0.15, -0.1) is 0 Å². The fourth-order valence-corrected chi connectivity index (χ4v) is 3.79. The van der Waals surface area contributed by atoms with E-state index in [0.717, 1.165) is 25.7 Å². The van der Waals surface area contributed by atoms with Crippen molar-refractivity contribution in [2.45, 2.75) is 77.3 Å². The molecule has 116 valence electrons. The first-order valence-corrected chi connectivity index (χ1v) is 8.18. The molecular formula is C17H30O3. The maximum absolute atomic E-state index is 10.4. The van der Waals surface area contributed by atoms with Crippen LogP contribution in [0.3, 0.4) is 0 Å². The van der Waals surface area contributed by atoms with Crippen molar-refractivity contribution in [3.8, 4) is 0 Å². The number of aliphatic hydroxyl groups excluding tert-OH is 1. The van der Waals surface area contributed by atoms with Gasteiger partial charge in [0.25, 0.3) is 0 Å². The van der Waals surface area contributed by atoms with Gasteiger partial charge < -0.3 is 14.9 Å². The summed E-state index contributed by atoms with van der Waals surface area (Å²) in [5.41, 5.74) is -0.703. The van der Waals surface area contributed by atoms with Crippen molar-refractivity contribution >= 4 is 0 Å². The number of rotatable bonds is 6. The molecule has 1 aliphatic heterocycles. The van der Waals surface area contributed by atoms with Crippen molar-refractivity contribution in [1.82, 2.24) is 0 Å². The Hall–Kier alpha value is -0.380. The summed E-state index contributed by atoms with van der Waals surface area (Å²) in [6.45, 7) is 6.32. The molecule has 2 rings (SSSR count). The van der Waals surface area contributed by atoms with Crippen LogP contribution in [0.5, 0.6) is 0 Å². The third-order valence-electron chi connectivity index (χ3n) is 5.00. The molecule has 1 heterocycles. The highest BCUT2D eigenvalue weighted by Gasteiger charge is 2.46. The number of fused-ring (bicyclic) bond motifs is 1. The summed E-state index contributed by atoms with van der Waals surface area (Å²) in [6, 6.07) is 0. The van der Waals surface area contributed by atoms with Gasteiger partial charge in [-0.25, -0.2) is 0 Å². The number of unbranched alkanes of at least 4 members (excludes halogenated alkanes) is 2. The van der Waals surface area contributed by atoms with Gasteiger partial charge in [0.2, 0.25) is 0 Å². The number of hydrogen-bond acceptors (Lipinski definition) is 3. The Morgan fingerprint density at radius 1 is 1.30 bits per heavy atom. The van der Waals surface area contributed by atoms with E-state index in [1.165, 1.54) is 12.8 Å². The maximum Gasteiger partial charge on any atom is 0.155 e. The van der Waals surface area contributed by atoms with Gasteiger partial charge in [-0.3, -0.25) is 0 Å². The van der Waals surface area contributed by atoms with E-state index in [-0.39, 0.29) is 6.10 Å². The first-order valence-electron chi connectivity index (χ1n) is 8.18. The number of aliphatic hydroxyl groups is 2. The van der Waals surface area contributed by atoms with Gasteiger partial charge in [0.05, 0.1) is 11.7 Å². The third-order valence-corrected chi connectivity index (χ3v) is 5.00. The van der Waals surface area contributed by atoms with Crippen molar-refractivity contribution in [1.29, 1.82) is 0 Å². The SMILES string of the molecule is CCCCCC(C)(O)/C=C/[C@@H]1C2CC(O)O[C@H]2C[C@H]1C. The van der Waals surface area contributed by atoms with Crippen LogP contribution in [0.1, 0.15) is 59.3 Å². The standard InChI is InChI=1S/C17H30O3/c1-4-5-6-8-17(3,19)9-7-13-12(2)10-15-14(13)11-16(18)20-15/h7,9,12-16,18-19H,4-6,8,10-11H2,1-3H3/b9-7+/t12-,13+,14?,15+,16?,17?/m1/s1. The highest BCUT2D eigenvalue weighted by molar-refractivity contribution is 5.08. The Bertz CT molecular complexity index is 337. The van der Waals surface area contributed by atoms with E-state index >= 15 is 0 Å². The Morgan fingerprint density at radius 2 is 2.05 bits per heavy atom. The molecule has 2 aliphatic rings.